The van der Waals surface area contributed by atoms with Crippen molar-refractivity contribution in [3.05, 3.63) is 72.1 Å². The molecule has 0 radical (unpaired) electrons. The lowest BCUT2D eigenvalue weighted by Gasteiger charge is -2.39. The van der Waals surface area contributed by atoms with Gasteiger partial charge in [0.25, 0.3) is 11.8 Å². The number of cyclic esters (lactones) is 2. The molecule has 30 nitrogen and oxygen atoms in total. The van der Waals surface area contributed by atoms with Gasteiger partial charge < -0.3 is 80.6 Å². The van der Waals surface area contributed by atoms with Gasteiger partial charge in [-0.05, 0) is 61.8 Å². The molecule has 0 unspecified atom stereocenters. The molecule has 2 aromatic heterocycles. The number of carbonyl (C=O) groups is 12. The SMILES string of the molecule is CC(C)[C@H]1C(=O)OC[C@@H](NC(=O)c2nc3ccccc3cc2O)C(=O)N2CCC[C@H](O)[C@H]2C(=O)NCC(=O)N(C)CC(=O)N(C)[C@@H](C(C)C)C(=O)OC[C@@H](NC(=O)c2nc3ccccc3cc2O)C(=O)N2CCC[C@H](O)[C@H]2C(=O)NCC(=O)N(C)CC(=O)N1C. The van der Waals surface area contributed by atoms with E-state index in [0.717, 1.165) is 29.4 Å². The third-order valence-corrected chi connectivity index (χ3v) is 15.9. The Morgan fingerprint density at radius 1 is 0.556 bits per heavy atom. The van der Waals surface area contributed by atoms with Crippen molar-refractivity contribution >= 4 is 92.8 Å². The minimum absolute atomic E-state index is 0.00917. The Morgan fingerprint density at radius 3 is 1.27 bits per heavy atom. The molecule has 2 aromatic carbocycles. The molecule has 4 aromatic rings. The molecule has 484 valence electrons. The van der Waals surface area contributed by atoms with Gasteiger partial charge in [-0.1, -0.05) is 64.1 Å². The van der Waals surface area contributed by atoms with Crippen molar-refractivity contribution < 1.29 is 87.4 Å². The molecule has 8 atom stereocenters. The van der Waals surface area contributed by atoms with E-state index in [2.05, 4.69) is 31.2 Å². The molecule has 3 aliphatic rings. The number of esters is 2. The number of fused-ring (bicyclic) bond motifs is 4. The lowest BCUT2D eigenvalue weighted by Crippen LogP contribution is -2.63. The molecule has 90 heavy (non-hydrogen) atoms. The largest absolute Gasteiger partial charge is 0.505 e. The predicted molar refractivity (Wildman–Crippen MR) is 317 cm³/mol. The summed E-state index contributed by atoms with van der Waals surface area (Å²) in [7, 11) is 4.92. The molecule has 8 N–H and O–H groups in total. The molecule has 7 rings (SSSR count). The van der Waals surface area contributed by atoms with Crippen LogP contribution >= 0.6 is 0 Å². The average molecular weight is 1250 g/mol. The Balaban J connectivity index is 1.19. The Labute approximate surface area is 517 Å². The van der Waals surface area contributed by atoms with Gasteiger partial charge in [-0.25, -0.2) is 19.6 Å². The average Bonchev–Trinajstić information content (AvgIpc) is 1.03. The van der Waals surface area contributed by atoms with E-state index in [1.807, 2.05) is 0 Å². The first-order valence-electron chi connectivity index (χ1n) is 29.2. The highest BCUT2D eigenvalue weighted by Crippen LogP contribution is 2.27. The lowest BCUT2D eigenvalue weighted by molar-refractivity contribution is -0.160. The second-order valence-corrected chi connectivity index (χ2v) is 23.1. The van der Waals surface area contributed by atoms with Crippen LogP contribution < -0.4 is 21.3 Å². The first kappa shape index (κ1) is 67.9. The molecule has 5 heterocycles. The topological polar surface area (TPSA) is 398 Å². The van der Waals surface area contributed by atoms with E-state index in [0.29, 0.717) is 10.8 Å². The summed E-state index contributed by atoms with van der Waals surface area (Å²) in [6, 6.07) is 5.53. The smallest absolute Gasteiger partial charge is 0.329 e. The zero-order valence-corrected chi connectivity index (χ0v) is 51.1. The van der Waals surface area contributed by atoms with Crippen LogP contribution in [0.2, 0.25) is 0 Å². The lowest BCUT2D eigenvalue weighted by atomic mass is 9.97. The Hall–Kier alpha value is -9.58. The van der Waals surface area contributed by atoms with Crippen molar-refractivity contribution in [2.24, 2.45) is 11.8 Å². The van der Waals surface area contributed by atoms with Gasteiger partial charge >= 0.3 is 11.9 Å². The highest BCUT2D eigenvalue weighted by molar-refractivity contribution is 6.03. The van der Waals surface area contributed by atoms with Crippen molar-refractivity contribution in [1.82, 2.24) is 60.6 Å². The molecule has 0 spiro atoms. The monoisotopic (exact) mass is 1250 g/mol. The number of hydrogen-bond donors (Lipinski definition) is 8. The summed E-state index contributed by atoms with van der Waals surface area (Å²) in [5.41, 5.74) is -0.494. The Bertz CT molecular complexity index is 3220. The van der Waals surface area contributed by atoms with Gasteiger partial charge in [-0.2, -0.15) is 0 Å². The summed E-state index contributed by atoms with van der Waals surface area (Å²) in [6.45, 7) is 0.971. The minimum atomic E-state index is -1.87. The van der Waals surface area contributed by atoms with Crippen molar-refractivity contribution in [1.29, 1.82) is 0 Å². The number of hydrogen-bond acceptors (Lipinski definition) is 20. The van der Waals surface area contributed by atoms with Gasteiger partial charge in [-0.3, -0.25) is 47.9 Å². The van der Waals surface area contributed by atoms with Crippen LogP contribution in [0.5, 0.6) is 11.5 Å². The predicted octanol–water partition coefficient (Wildman–Crippen LogP) is -1.99. The third-order valence-electron chi connectivity index (χ3n) is 15.9. The van der Waals surface area contributed by atoms with E-state index >= 15 is 0 Å². The molecule has 3 aliphatic heterocycles. The zero-order chi connectivity index (χ0) is 66.0. The van der Waals surface area contributed by atoms with Crippen LogP contribution in [-0.2, 0) is 57.4 Å². The Morgan fingerprint density at radius 2 is 0.911 bits per heavy atom. The number of ether oxygens (including phenoxy) is 2. The molecule has 30 heteroatoms. The maximum absolute atomic E-state index is 14.8. The van der Waals surface area contributed by atoms with E-state index in [4.69, 9.17) is 9.47 Å². The van der Waals surface area contributed by atoms with Crippen LogP contribution in [0.1, 0.15) is 74.4 Å². The van der Waals surface area contributed by atoms with Crippen LogP contribution in [0.4, 0.5) is 0 Å². The van der Waals surface area contributed by atoms with Crippen molar-refractivity contribution in [2.75, 3.05) is 80.7 Å². The normalized spacial score (nSPS) is 24.4. The second kappa shape index (κ2) is 29.6. The maximum atomic E-state index is 14.8. The van der Waals surface area contributed by atoms with Gasteiger partial charge in [-0.15, -0.1) is 0 Å². The molecule has 10 amide bonds. The maximum Gasteiger partial charge on any atom is 0.329 e. The van der Waals surface area contributed by atoms with Crippen molar-refractivity contribution in [2.45, 2.75) is 102 Å². The standard InChI is InChI=1S/C60H76N12O18/c1-31(2)49-59(87)89-29-37(65-53(81)47-41(75)23-33-15-9-11-17-35(33)63-47)57(85)71-21-13-19-39(73)51(71)55(83)62-26-44(78)68(6)28-46(80)70(8)50(32(3)4)60(88)90-30-38(66-54(82)48-42(76)24-34-16-10-12-18-36(34)64-48)58(86)72-22-14-20-40(74)52(72)56(84)61-25-43(77)67(5)27-45(79)69(49)7/h9-12,15-18,23-24,31-32,37-40,49-52,73-76H,13-14,19-22,25-30H2,1-8H3,(H,61,84)(H,62,83)(H,65,81)(H,66,82)/t37-,38-,39+,40+,49+,50+,51+,52+/m1/s1. The number of para-hydroxylation sites is 2. The fourth-order valence-corrected chi connectivity index (χ4v) is 11.0. The van der Waals surface area contributed by atoms with Gasteiger partial charge in [0.2, 0.25) is 47.3 Å². The number of rotatable bonds is 6. The van der Waals surface area contributed by atoms with Gasteiger partial charge in [0.1, 0.15) is 61.0 Å². The van der Waals surface area contributed by atoms with E-state index in [1.165, 1.54) is 40.3 Å². The van der Waals surface area contributed by atoms with E-state index in [1.54, 1.807) is 76.2 Å². The number of carbonyl (C=O) groups excluding carboxylic acids is 12. The number of amides is 10. The summed E-state index contributed by atoms with van der Waals surface area (Å²) >= 11 is 0. The van der Waals surface area contributed by atoms with Gasteiger partial charge in [0, 0.05) is 52.1 Å². The molecule has 3 saturated heterocycles. The quantitative estimate of drug-likeness (QED) is 0.0969. The molecule has 0 saturated carbocycles. The summed E-state index contributed by atoms with van der Waals surface area (Å²) in [4.78, 5) is 184. The summed E-state index contributed by atoms with van der Waals surface area (Å²) < 4.78 is 11.4. The first-order valence-corrected chi connectivity index (χ1v) is 29.2. The summed E-state index contributed by atoms with van der Waals surface area (Å²) in [6.07, 6.45) is -2.86. The fraction of sp³-hybridized carbons (Fsp3) is 0.500. The fourth-order valence-electron chi connectivity index (χ4n) is 11.0. The van der Waals surface area contributed by atoms with Crippen LogP contribution in [0.3, 0.4) is 0 Å². The first-order chi connectivity index (χ1) is 42.6. The number of nitrogens with one attached hydrogen (secondary N) is 4. The molecular formula is C60H76N12O18. The van der Waals surface area contributed by atoms with Crippen LogP contribution in [0.15, 0.2) is 60.7 Å². The summed E-state index contributed by atoms with van der Waals surface area (Å²) in [5.74, 6) is -14.6. The van der Waals surface area contributed by atoms with Crippen LogP contribution in [0.25, 0.3) is 21.8 Å². The third kappa shape index (κ3) is 15.8. The zero-order valence-electron chi connectivity index (χ0n) is 51.1. The number of pyridine rings is 2. The van der Waals surface area contributed by atoms with E-state index in [-0.39, 0.29) is 49.8 Å². The number of piperidine rings is 2. The number of aromatic hydroxyl groups is 2. The highest BCUT2D eigenvalue weighted by Gasteiger charge is 2.45. The number of nitrogens with zero attached hydrogens (tertiary/aromatic N) is 8. The number of aliphatic hydroxyl groups is 2. The molecule has 3 fully saturated rings. The number of aliphatic hydroxyl groups excluding tert-OH is 2. The second-order valence-electron chi connectivity index (χ2n) is 23.1. The van der Waals surface area contributed by atoms with Crippen molar-refractivity contribution in [3.63, 3.8) is 0 Å². The highest BCUT2D eigenvalue weighted by atomic mass is 16.5. The van der Waals surface area contributed by atoms with E-state index in [9.17, 15) is 78.0 Å². The minimum Gasteiger partial charge on any atom is -0.505 e. The van der Waals surface area contributed by atoms with Gasteiger partial charge in [0.05, 0.1) is 49.4 Å². The Kier molecular flexibility index (Phi) is 22.3. The number of aromatic nitrogens is 2. The molecular weight excluding hydrogens is 1180 g/mol. The van der Waals surface area contributed by atoms with Gasteiger partial charge in [0.15, 0.2) is 11.4 Å². The van der Waals surface area contributed by atoms with Crippen LogP contribution in [0, 0.1) is 11.8 Å². The molecule has 0 bridgehead atoms. The summed E-state index contributed by atoms with van der Waals surface area (Å²) in [5, 5.41) is 55.1. The van der Waals surface area contributed by atoms with E-state index < -0.39 is 194 Å². The van der Waals surface area contributed by atoms with Crippen molar-refractivity contribution in [3.8, 4) is 11.5 Å². The van der Waals surface area contributed by atoms with Crippen LogP contribution in [-0.4, -0.2) is 260 Å². The number of likely N-dealkylation sites (N-methyl/N-ethyl adjacent to an activating group) is 4. The number of benzene rings is 2. The molecule has 0 aliphatic carbocycles.